The second-order valence-electron chi connectivity index (χ2n) is 4.66. The SMILES string of the molecule is NC(=O)CSc1ccccc1NC(=O)CNc1ccc(Br)cc1. The maximum Gasteiger partial charge on any atom is 0.243 e. The molecule has 0 unspecified atom stereocenters. The molecule has 0 aliphatic rings. The lowest BCUT2D eigenvalue weighted by molar-refractivity contribution is -0.116. The molecule has 23 heavy (non-hydrogen) atoms. The lowest BCUT2D eigenvalue weighted by Gasteiger charge is -2.11. The number of carbonyl (C=O) groups is 2. The van der Waals surface area contributed by atoms with Crippen LogP contribution in [-0.4, -0.2) is 24.1 Å². The maximum atomic E-state index is 12.1. The Kier molecular flexibility index (Phi) is 6.49. The van der Waals surface area contributed by atoms with E-state index >= 15 is 0 Å². The summed E-state index contributed by atoms with van der Waals surface area (Å²) in [5, 5.41) is 5.88. The molecule has 5 nitrogen and oxygen atoms in total. The average molecular weight is 394 g/mol. The van der Waals surface area contributed by atoms with Gasteiger partial charge in [0, 0.05) is 15.1 Å². The maximum absolute atomic E-state index is 12.1. The number of para-hydroxylation sites is 1. The molecule has 4 N–H and O–H groups in total. The fraction of sp³-hybridized carbons (Fsp3) is 0.125. The molecule has 0 fully saturated rings. The Morgan fingerprint density at radius 1 is 1.09 bits per heavy atom. The molecular weight excluding hydrogens is 378 g/mol. The number of carbonyl (C=O) groups excluding carboxylic acids is 2. The number of hydrogen-bond donors (Lipinski definition) is 3. The van der Waals surface area contributed by atoms with Gasteiger partial charge in [-0.05, 0) is 36.4 Å². The van der Waals surface area contributed by atoms with Gasteiger partial charge in [-0.2, -0.15) is 0 Å². The van der Waals surface area contributed by atoms with Gasteiger partial charge in [-0.1, -0.05) is 28.1 Å². The van der Waals surface area contributed by atoms with E-state index in [0.29, 0.717) is 5.69 Å². The normalized spacial score (nSPS) is 10.1. The minimum Gasteiger partial charge on any atom is -0.376 e. The highest BCUT2D eigenvalue weighted by Gasteiger charge is 2.08. The summed E-state index contributed by atoms with van der Waals surface area (Å²) >= 11 is 4.66. The highest BCUT2D eigenvalue weighted by atomic mass is 79.9. The predicted octanol–water partition coefficient (Wildman–Crippen LogP) is 3.08. The Morgan fingerprint density at radius 2 is 1.78 bits per heavy atom. The van der Waals surface area contributed by atoms with Crippen LogP contribution in [0.5, 0.6) is 0 Å². The number of rotatable bonds is 7. The van der Waals surface area contributed by atoms with E-state index in [2.05, 4.69) is 26.6 Å². The smallest absolute Gasteiger partial charge is 0.243 e. The molecule has 0 saturated carbocycles. The summed E-state index contributed by atoms with van der Waals surface area (Å²) in [5.41, 5.74) is 6.68. The first kappa shape index (κ1) is 17.4. The highest BCUT2D eigenvalue weighted by Crippen LogP contribution is 2.26. The molecule has 2 aromatic rings. The van der Waals surface area contributed by atoms with Gasteiger partial charge >= 0.3 is 0 Å². The molecule has 2 amide bonds. The van der Waals surface area contributed by atoms with Crippen molar-refractivity contribution in [2.45, 2.75) is 4.90 Å². The molecule has 0 spiro atoms. The summed E-state index contributed by atoms with van der Waals surface area (Å²) in [6, 6.07) is 14.9. The minimum absolute atomic E-state index is 0.149. The molecule has 7 heteroatoms. The van der Waals surface area contributed by atoms with Crippen molar-refractivity contribution in [3.05, 3.63) is 53.0 Å². The van der Waals surface area contributed by atoms with Crippen molar-refractivity contribution >= 4 is 50.9 Å². The Hall–Kier alpha value is -1.99. The quantitative estimate of drug-likeness (QED) is 0.631. The van der Waals surface area contributed by atoms with E-state index < -0.39 is 5.91 Å². The highest BCUT2D eigenvalue weighted by molar-refractivity contribution is 9.10. The number of benzene rings is 2. The van der Waals surface area contributed by atoms with Gasteiger partial charge in [0.1, 0.15) is 0 Å². The van der Waals surface area contributed by atoms with Crippen LogP contribution in [-0.2, 0) is 9.59 Å². The minimum atomic E-state index is -0.395. The van der Waals surface area contributed by atoms with Crippen LogP contribution in [0.3, 0.4) is 0 Å². The Bertz CT molecular complexity index is 692. The molecule has 120 valence electrons. The Labute approximate surface area is 147 Å². The zero-order chi connectivity index (χ0) is 16.7. The van der Waals surface area contributed by atoms with Crippen molar-refractivity contribution in [2.24, 2.45) is 5.73 Å². The third kappa shape index (κ3) is 5.96. The number of thioether (sulfide) groups is 1. The van der Waals surface area contributed by atoms with Crippen LogP contribution in [0.15, 0.2) is 57.9 Å². The van der Waals surface area contributed by atoms with Crippen LogP contribution in [0.25, 0.3) is 0 Å². The van der Waals surface area contributed by atoms with Crippen LogP contribution >= 0.6 is 27.7 Å². The lowest BCUT2D eigenvalue weighted by Crippen LogP contribution is -2.22. The second-order valence-corrected chi connectivity index (χ2v) is 6.59. The van der Waals surface area contributed by atoms with Crippen LogP contribution in [0, 0.1) is 0 Å². The first-order valence-corrected chi connectivity index (χ1v) is 8.62. The number of nitrogens with one attached hydrogen (secondary N) is 2. The van der Waals surface area contributed by atoms with Gasteiger partial charge in [0.2, 0.25) is 11.8 Å². The molecule has 0 heterocycles. The third-order valence-corrected chi connectivity index (χ3v) is 4.45. The summed E-state index contributed by atoms with van der Waals surface area (Å²) in [6.07, 6.45) is 0. The fourth-order valence-electron chi connectivity index (χ4n) is 1.79. The first-order chi connectivity index (χ1) is 11.0. The largest absolute Gasteiger partial charge is 0.376 e. The van der Waals surface area contributed by atoms with E-state index in [9.17, 15) is 9.59 Å². The summed E-state index contributed by atoms with van der Waals surface area (Å²) in [4.78, 5) is 23.8. The van der Waals surface area contributed by atoms with Gasteiger partial charge in [0.05, 0.1) is 18.0 Å². The van der Waals surface area contributed by atoms with Crippen LogP contribution in [0.2, 0.25) is 0 Å². The molecule has 2 aromatic carbocycles. The molecule has 0 bridgehead atoms. The fourth-order valence-corrected chi connectivity index (χ4v) is 2.80. The third-order valence-electron chi connectivity index (χ3n) is 2.83. The zero-order valence-electron chi connectivity index (χ0n) is 12.2. The van der Waals surface area contributed by atoms with Gasteiger partial charge in [-0.3, -0.25) is 9.59 Å². The van der Waals surface area contributed by atoms with Crippen LogP contribution < -0.4 is 16.4 Å². The number of anilines is 2. The molecule has 0 atom stereocenters. The van der Waals surface area contributed by atoms with E-state index in [1.807, 2.05) is 42.5 Å². The standard InChI is InChI=1S/C16H16BrN3O2S/c17-11-5-7-12(8-6-11)19-9-16(22)20-13-3-1-2-4-14(13)23-10-15(18)21/h1-8,19H,9-10H2,(H2,18,21)(H,20,22). The lowest BCUT2D eigenvalue weighted by atomic mass is 10.3. The van der Waals surface area contributed by atoms with E-state index in [4.69, 9.17) is 5.73 Å². The molecule has 0 aliphatic heterocycles. The van der Waals surface area contributed by atoms with E-state index in [1.54, 1.807) is 6.07 Å². The number of amides is 2. The van der Waals surface area contributed by atoms with Gasteiger partial charge in [0.25, 0.3) is 0 Å². The van der Waals surface area contributed by atoms with Gasteiger partial charge in [-0.25, -0.2) is 0 Å². The van der Waals surface area contributed by atoms with Crippen molar-refractivity contribution in [1.29, 1.82) is 0 Å². The summed E-state index contributed by atoms with van der Waals surface area (Å²) in [5.74, 6) is -0.391. The number of primary amides is 1. The van der Waals surface area contributed by atoms with E-state index in [-0.39, 0.29) is 18.2 Å². The monoisotopic (exact) mass is 393 g/mol. The van der Waals surface area contributed by atoms with Gasteiger partial charge in [-0.15, -0.1) is 11.8 Å². The predicted molar refractivity (Wildman–Crippen MR) is 97.6 cm³/mol. The molecular formula is C16H16BrN3O2S. The number of hydrogen-bond acceptors (Lipinski definition) is 4. The van der Waals surface area contributed by atoms with Gasteiger partial charge < -0.3 is 16.4 Å². The van der Waals surface area contributed by atoms with Crippen molar-refractivity contribution in [3.8, 4) is 0 Å². The Morgan fingerprint density at radius 3 is 2.48 bits per heavy atom. The number of halogens is 1. The second kappa shape index (κ2) is 8.59. The van der Waals surface area contributed by atoms with Crippen LogP contribution in [0.4, 0.5) is 11.4 Å². The van der Waals surface area contributed by atoms with E-state index in [0.717, 1.165) is 15.1 Å². The van der Waals surface area contributed by atoms with Crippen LogP contribution in [0.1, 0.15) is 0 Å². The zero-order valence-corrected chi connectivity index (χ0v) is 14.6. The topological polar surface area (TPSA) is 84.2 Å². The van der Waals surface area contributed by atoms with Crippen molar-refractivity contribution in [3.63, 3.8) is 0 Å². The molecule has 0 aromatic heterocycles. The summed E-state index contributed by atoms with van der Waals surface area (Å²) < 4.78 is 0.980. The first-order valence-electron chi connectivity index (χ1n) is 6.84. The van der Waals surface area contributed by atoms with Crippen molar-refractivity contribution in [2.75, 3.05) is 22.9 Å². The molecule has 2 rings (SSSR count). The molecule has 0 radical (unpaired) electrons. The van der Waals surface area contributed by atoms with E-state index in [1.165, 1.54) is 11.8 Å². The molecule has 0 aliphatic carbocycles. The molecule has 0 saturated heterocycles. The van der Waals surface area contributed by atoms with Gasteiger partial charge in [0.15, 0.2) is 0 Å². The van der Waals surface area contributed by atoms with Crippen molar-refractivity contribution in [1.82, 2.24) is 0 Å². The Balaban J connectivity index is 1.92. The average Bonchev–Trinajstić information content (AvgIpc) is 2.53. The summed E-state index contributed by atoms with van der Waals surface area (Å²) in [6.45, 7) is 0.149. The van der Waals surface area contributed by atoms with Crippen molar-refractivity contribution < 1.29 is 9.59 Å². The number of nitrogens with two attached hydrogens (primary N) is 1. The summed E-state index contributed by atoms with van der Waals surface area (Å²) in [7, 11) is 0.